The summed E-state index contributed by atoms with van der Waals surface area (Å²) in [4.78, 5) is 41.8. The van der Waals surface area contributed by atoms with Gasteiger partial charge >= 0.3 is 5.97 Å². The number of nitrogens with zero attached hydrogens (tertiary/aromatic N) is 1. The summed E-state index contributed by atoms with van der Waals surface area (Å²) in [6, 6.07) is 0. The minimum absolute atomic E-state index is 0.0881. The molecule has 6 heteroatoms. The zero-order valence-electron chi connectivity index (χ0n) is 19.0. The van der Waals surface area contributed by atoms with Gasteiger partial charge in [0.25, 0.3) is 0 Å². The Kier molecular flexibility index (Phi) is 4.56. The summed E-state index contributed by atoms with van der Waals surface area (Å²) < 4.78 is 11.3. The molecule has 1 heterocycles. The molecule has 0 saturated heterocycles. The van der Waals surface area contributed by atoms with Crippen LogP contribution in [0.25, 0.3) is 0 Å². The first kappa shape index (κ1) is 20.9. The van der Waals surface area contributed by atoms with Crippen LogP contribution in [0.3, 0.4) is 0 Å². The third-order valence-electron chi connectivity index (χ3n) is 9.63. The summed E-state index contributed by atoms with van der Waals surface area (Å²) >= 11 is 0. The Labute approximate surface area is 183 Å². The van der Waals surface area contributed by atoms with Gasteiger partial charge in [-0.2, -0.15) is 0 Å². The number of fused-ring (bicyclic) bond motifs is 7. The molecular weight excluding hydrogens is 394 g/mol. The molecule has 5 aliphatic rings. The zero-order chi connectivity index (χ0) is 22.2. The number of rotatable bonds is 3. The van der Waals surface area contributed by atoms with Crippen LogP contribution in [0.15, 0.2) is 16.6 Å². The van der Waals surface area contributed by atoms with E-state index in [2.05, 4.69) is 13.8 Å². The topological polar surface area (TPSA) is 82.0 Å². The van der Waals surface area contributed by atoms with Crippen molar-refractivity contribution >= 4 is 23.4 Å². The molecule has 6 nitrogen and oxygen atoms in total. The Bertz CT molecular complexity index is 921. The first-order valence-electron chi connectivity index (χ1n) is 11.8. The predicted molar refractivity (Wildman–Crippen MR) is 114 cm³/mol. The van der Waals surface area contributed by atoms with Gasteiger partial charge in [-0.15, -0.1) is 0 Å². The van der Waals surface area contributed by atoms with E-state index in [0.29, 0.717) is 30.1 Å². The minimum atomic E-state index is -0.957. The van der Waals surface area contributed by atoms with Crippen molar-refractivity contribution in [3.05, 3.63) is 11.6 Å². The molecule has 0 spiro atoms. The number of ether oxygens (including phenoxy) is 2. The number of allylic oxidation sites excluding steroid dienone is 1. The fourth-order valence-electron chi connectivity index (χ4n) is 8.21. The van der Waals surface area contributed by atoms with Crippen molar-refractivity contribution in [1.82, 2.24) is 0 Å². The molecule has 1 aliphatic heterocycles. The van der Waals surface area contributed by atoms with Crippen molar-refractivity contribution in [1.29, 1.82) is 0 Å². The van der Waals surface area contributed by atoms with E-state index in [9.17, 15) is 14.4 Å². The first-order valence-corrected chi connectivity index (χ1v) is 11.8. The van der Waals surface area contributed by atoms with Gasteiger partial charge in [0.2, 0.25) is 5.78 Å². The SMILES string of the molecule is CC(=O)OCC(=O)[C@@]12N=C(C)O[C@@H]1C[C@H]1[C@@H]3CCC4=CC(=O)CC[C@]4(C)[C@H]3CC[C@@]12C. The van der Waals surface area contributed by atoms with Crippen molar-refractivity contribution in [2.24, 2.45) is 33.6 Å². The normalized spacial score (nSPS) is 45.4. The first-order chi connectivity index (χ1) is 14.6. The molecule has 3 saturated carbocycles. The van der Waals surface area contributed by atoms with Crippen molar-refractivity contribution in [3.8, 4) is 0 Å². The fraction of sp³-hybridized carbons (Fsp3) is 0.760. The maximum absolute atomic E-state index is 13.5. The Morgan fingerprint density at radius 2 is 1.97 bits per heavy atom. The molecule has 168 valence electrons. The number of Topliss-reactive ketones (excluding diaryl/α,β-unsaturated/α-hetero) is 1. The summed E-state index contributed by atoms with van der Waals surface area (Å²) in [6.45, 7) is 7.50. The highest BCUT2D eigenvalue weighted by atomic mass is 16.5. The molecule has 0 amide bonds. The van der Waals surface area contributed by atoms with Crippen molar-refractivity contribution in [2.75, 3.05) is 6.61 Å². The van der Waals surface area contributed by atoms with E-state index in [1.54, 1.807) is 0 Å². The number of esters is 1. The predicted octanol–water partition coefficient (Wildman–Crippen LogP) is 3.82. The molecule has 3 fully saturated rings. The summed E-state index contributed by atoms with van der Waals surface area (Å²) in [5.74, 6) is 1.63. The van der Waals surface area contributed by atoms with Crippen molar-refractivity contribution in [2.45, 2.75) is 84.3 Å². The summed E-state index contributed by atoms with van der Waals surface area (Å²) in [7, 11) is 0. The monoisotopic (exact) mass is 427 g/mol. The molecule has 5 rings (SSSR count). The summed E-state index contributed by atoms with van der Waals surface area (Å²) in [5.41, 5.74) is 0.167. The van der Waals surface area contributed by atoms with Gasteiger partial charge in [0.15, 0.2) is 23.8 Å². The van der Waals surface area contributed by atoms with Crippen molar-refractivity contribution in [3.63, 3.8) is 0 Å². The number of aliphatic imine (C=N–C) groups is 1. The average molecular weight is 428 g/mol. The van der Waals surface area contributed by atoms with Crippen LogP contribution in [0.4, 0.5) is 0 Å². The third kappa shape index (κ3) is 2.69. The number of hydrogen-bond donors (Lipinski definition) is 0. The molecule has 0 N–H and O–H groups in total. The van der Waals surface area contributed by atoms with Crippen LogP contribution in [0, 0.1) is 28.6 Å². The number of hydrogen-bond acceptors (Lipinski definition) is 6. The lowest BCUT2D eigenvalue weighted by Crippen LogP contribution is -2.59. The Morgan fingerprint density at radius 1 is 1.19 bits per heavy atom. The van der Waals surface area contributed by atoms with Gasteiger partial charge < -0.3 is 9.47 Å². The van der Waals surface area contributed by atoms with E-state index in [1.807, 2.05) is 13.0 Å². The molecule has 0 aromatic rings. The van der Waals surface area contributed by atoms with Gasteiger partial charge in [0.05, 0.1) is 0 Å². The maximum Gasteiger partial charge on any atom is 0.303 e. The molecule has 0 aromatic carbocycles. The fourth-order valence-corrected chi connectivity index (χ4v) is 8.21. The van der Waals surface area contributed by atoms with Crippen LogP contribution in [-0.4, -0.2) is 41.7 Å². The molecule has 0 bridgehead atoms. The second-order valence-corrected chi connectivity index (χ2v) is 10.9. The third-order valence-corrected chi connectivity index (χ3v) is 9.63. The van der Waals surface area contributed by atoms with E-state index in [-0.39, 0.29) is 35.1 Å². The van der Waals surface area contributed by atoms with Gasteiger partial charge in [-0.3, -0.25) is 14.4 Å². The number of carbonyl (C=O) groups is 3. The van der Waals surface area contributed by atoms with Crippen LogP contribution in [-0.2, 0) is 23.9 Å². The quantitative estimate of drug-likeness (QED) is 0.640. The maximum atomic E-state index is 13.5. The van der Waals surface area contributed by atoms with E-state index in [1.165, 1.54) is 12.5 Å². The van der Waals surface area contributed by atoms with E-state index in [0.717, 1.165) is 38.5 Å². The highest BCUT2D eigenvalue weighted by Crippen LogP contribution is 2.69. The summed E-state index contributed by atoms with van der Waals surface area (Å²) in [6.07, 6.45) is 8.02. The second kappa shape index (κ2) is 6.76. The Balaban J connectivity index is 1.51. The zero-order valence-corrected chi connectivity index (χ0v) is 19.0. The molecule has 4 aliphatic carbocycles. The number of ketones is 2. The minimum Gasteiger partial charge on any atom is -0.475 e. The van der Waals surface area contributed by atoms with E-state index in [4.69, 9.17) is 14.5 Å². The summed E-state index contributed by atoms with van der Waals surface area (Å²) in [5, 5.41) is 0. The standard InChI is InChI=1S/C25H33NO5/c1-14-26-25(21(29)13-30-15(2)27)22(31-14)12-20-18-6-5-16-11-17(28)7-9-23(16,3)19(18)8-10-24(20,25)4/h11,18-20,22H,5-10,12-13H2,1-4H3/t18-,19+,20+,22-,23+,24+,25-/m1/s1. The van der Waals surface area contributed by atoms with Gasteiger partial charge in [0.1, 0.15) is 6.10 Å². The molecule has 0 aromatic heterocycles. The molecule has 7 atom stereocenters. The van der Waals surface area contributed by atoms with Crippen molar-refractivity contribution < 1.29 is 23.9 Å². The molecule has 0 unspecified atom stereocenters. The van der Waals surface area contributed by atoms with Crippen LogP contribution in [0.1, 0.15) is 72.6 Å². The average Bonchev–Trinajstić information content (AvgIpc) is 3.17. The van der Waals surface area contributed by atoms with Gasteiger partial charge in [-0.05, 0) is 67.8 Å². The largest absolute Gasteiger partial charge is 0.475 e. The Hall–Kier alpha value is -1.98. The highest BCUT2D eigenvalue weighted by molar-refractivity contribution is 5.97. The number of carbonyl (C=O) groups excluding carboxylic acids is 3. The lowest BCUT2D eigenvalue weighted by molar-refractivity contribution is -0.151. The van der Waals surface area contributed by atoms with Gasteiger partial charge in [-0.25, -0.2) is 4.99 Å². The lowest BCUT2D eigenvalue weighted by atomic mass is 9.46. The lowest BCUT2D eigenvalue weighted by Gasteiger charge is -2.58. The second-order valence-electron chi connectivity index (χ2n) is 10.9. The van der Waals surface area contributed by atoms with Gasteiger partial charge in [0, 0.05) is 25.7 Å². The van der Waals surface area contributed by atoms with E-state index < -0.39 is 11.5 Å². The van der Waals surface area contributed by atoms with Crippen LogP contribution in [0.2, 0.25) is 0 Å². The van der Waals surface area contributed by atoms with Crippen LogP contribution < -0.4 is 0 Å². The van der Waals surface area contributed by atoms with Crippen LogP contribution in [0.5, 0.6) is 0 Å². The van der Waals surface area contributed by atoms with Crippen LogP contribution >= 0.6 is 0 Å². The molecule has 0 radical (unpaired) electrons. The smallest absolute Gasteiger partial charge is 0.303 e. The molecular formula is C25H33NO5. The van der Waals surface area contributed by atoms with Gasteiger partial charge in [-0.1, -0.05) is 19.4 Å². The molecule has 31 heavy (non-hydrogen) atoms. The van der Waals surface area contributed by atoms with E-state index >= 15 is 0 Å². The highest BCUT2D eigenvalue weighted by Gasteiger charge is 2.73. The Morgan fingerprint density at radius 3 is 2.71 bits per heavy atom.